The second kappa shape index (κ2) is 7.35. The molecule has 0 bridgehead atoms. The van der Waals surface area contributed by atoms with Crippen molar-refractivity contribution in [3.63, 3.8) is 0 Å². The predicted octanol–water partition coefficient (Wildman–Crippen LogP) is 1.40. The Labute approximate surface area is 129 Å². The van der Waals surface area contributed by atoms with E-state index in [0.717, 1.165) is 22.0 Å². The molecule has 1 aliphatic heterocycles. The second-order valence-electron chi connectivity index (χ2n) is 5.11. The number of aliphatic hydroxyl groups is 2. The lowest BCUT2D eigenvalue weighted by molar-refractivity contribution is 0.0861. The van der Waals surface area contributed by atoms with Crippen LogP contribution in [0.4, 0.5) is 0 Å². The minimum Gasteiger partial charge on any atom is -0.486 e. The lowest BCUT2D eigenvalue weighted by Crippen LogP contribution is -2.50. The maximum Gasteiger partial charge on any atom is 0.162 e. The average molecular weight is 313 g/mol. The fraction of sp³-hybridized carbons (Fsp3) is 0.600. The van der Waals surface area contributed by atoms with Crippen LogP contribution >= 0.6 is 11.8 Å². The molecule has 21 heavy (non-hydrogen) atoms. The first kappa shape index (κ1) is 16.4. The second-order valence-corrected chi connectivity index (χ2v) is 5.96. The van der Waals surface area contributed by atoms with E-state index in [1.165, 1.54) is 0 Å². The Morgan fingerprint density at radius 1 is 1.19 bits per heavy atom. The van der Waals surface area contributed by atoms with Gasteiger partial charge in [-0.25, -0.2) is 0 Å². The van der Waals surface area contributed by atoms with Gasteiger partial charge in [0.05, 0.1) is 18.8 Å². The van der Waals surface area contributed by atoms with Crippen LogP contribution < -0.4 is 14.8 Å². The van der Waals surface area contributed by atoms with Gasteiger partial charge in [0.25, 0.3) is 0 Å². The van der Waals surface area contributed by atoms with Gasteiger partial charge < -0.3 is 25.0 Å². The Bertz CT molecular complexity index is 469. The predicted molar refractivity (Wildman–Crippen MR) is 83.2 cm³/mol. The summed E-state index contributed by atoms with van der Waals surface area (Å²) in [4.78, 5) is 1.10. The number of rotatable bonds is 7. The largest absolute Gasteiger partial charge is 0.486 e. The Morgan fingerprint density at radius 3 is 2.33 bits per heavy atom. The highest BCUT2D eigenvalue weighted by Crippen LogP contribution is 2.36. The Kier molecular flexibility index (Phi) is 5.75. The number of ether oxygens (including phenoxy) is 2. The molecule has 0 saturated heterocycles. The molecule has 0 fully saturated rings. The first-order valence-corrected chi connectivity index (χ1v) is 8.33. The molecule has 1 aromatic rings. The normalized spacial score (nSPS) is 14.3. The molecule has 0 unspecified atom stereocenters. The molecule has 0 aromatic heterocycles. The minimum atomic E-state index is -0.650. The molecule has 0 atom stereocenters. The van der Waals surface area contributed by atoms with Crippen molar-refractivity contribution in [2.75, 3.05) is 32.7 Å². The highest BCUT2D eigenvalue weighted by Gasteiger charge is 2.26. The number of nitrogens with one attached hydrogen (secondary N) is 1. The van der Waals surface area contributed by atoms with E-state index in [2.05, 4.69) is 5.32 Å². The van der Waals surface area contributed by atoms with Gasteiger partial charge in [-0.05, 0) is 30.4 Å². The molecule has 3 N–H and O–H groups in total. The van der Waals surface area contributed by atoms with Crippen LogP contribution in [0, 0.1) is 0 Å². The number of aliphatic hydroxyl groups excluding tert-OH is 2. The van der Waals surface area contributed by atoms with E-state index in [4.69, 9.17) is 9.47 Å². The zero-order valence-electron chi connectivity index (χ0n) is 12.5. The van der Waals surface area contributed by atoms with Crippen LogP contribution in [0.1, 0.15) is 18.9 Å². The summed E-state index contributed by atoms with van der Waals surface area (Å²) in [5.41, 5.74) is 0.426. The number of hydrogen-bond donors (Lipinski definition) is 3. The Balaban J connectivity index is 2.19. The molecule has 0 saturated carbocycles. The number of benzene rings is 1. The van der Waals surface area contributed by atoms with Crippen LogP contribution in [-0.2, 0) is 6.54 Å². The molecule has 1 heterocycles. The zero-order valence-corrected chi connectivity index (χ0v) is 13.3. The minimum absolute atomic E-state index is 0.0981. The van der Waals surface area contributed by atoms with E-state index in [1.807, 2.05) is 25.3 Å². The molecule has 1 aromatic carbocycles. The molecule has 0 aliphatic carbocycles. The maximum absolute atomic E-state index is 9.50. The molecule has 1 aliphatic rings. The van der Waals surface area contributed by atoms with Gasteiger partial charge in [0, 0.05) is 11.4 Å². The average Bonchev–Trinajstić information content (AvgIpc) is 2.55. The van der Waals surface area contributed by atoms with Crippen LogP contribution in [0.15, 0.2) is 17.0 Å². The van der Waals surface area contributed by atoms with Crippen LogP contribution in [-0.4, -0.2) is 48.4 Å². The molecular weight excluding hydrogens is 290 g/mol. The molecule has 2 rings (SSSR count). The van der Waals surface area contributed by atoms with Crippen molar-refractivity contribution in [1.82, 2.24) is 5.32 Å². The van der Waals surface area contributed by atoms with Gasteiger partial charge in [-0.15, -0.1) is 11.8 Å². The molecule has 0 radical (unpaired) electrons. The lowest BCUT2D eigenvalue weighted by Gasteiger charge is -2.30. The molecule has 0 amide bonds. The number of fused-ring (bicyclic) bond motifs is 1. The van der Waals surface area contributed by atoms with Crippen molar-refractivity contribution in [1.29, 1.82) is 0 Å². The summed E-state index contributed by atoms with van der Waals surface area (Å²) in [6, 6.07) is 3.96. The summed E-state index contributed by atoms with van der Waals surface area (Å²) < 4.78 is 11.2. The van der Waals surface area contributed by atoms with Crippen LogP contribution in [0.5, 0.6) is 11.5 Å². The van der Waals surface area contributed by atoms with Gasteiger partial charge in [0.2, 0.25) is 0 Å². The van der Waals surface area contributed by atoms with Crippen molar-refractivity contribution in [2.45, 2.75) is 30.3 Å². The zero-order chi connectivity index (χ0) is 15.3. The summed E-state index contributed by atoms with van der Waals surface area (Å²) in [6.07, 6.45) is 2.67. The molecule has 5 nitrogen and oxygen atoms in total. The SMILES string of the molecule is CCC(CO)(CO)NCc1cc2c(cc1SC)OCCO2. The van der Waals surface area contributed by atoms with Crippen LogP contribution in [0.2, 0.25) is 0 Å². The Morgan fingerprint density at radius 2 is 1.81 bits per heavy atom. The van der Waals surface area contributed by atoms with E-state index in [1.54, 1.807) is 11.8 Å². The monoisotopic (exact) mass is 313 g/mol. The van der Waals surface area contributed by atoms with Crippen molar-refractivity contribution in [2.24, 2.45) is 0 Å². The van der Waals surface area contributed by atoms with Crippen molar-refractivity contribution in [3.05, 3.63) is 17.7 Å². The van der Waals surface area contributed by atoms with Crippen LogP contribution in [0.3, 0.4) is 0 Å². The third kappa shape index (κ3) is 3.63. The maximum atomic E-state index is 9.50. The molecule has 118 valence electrons. The van der Waals surface area contributed by atoms with Gasteiger partial charge in [0.15, 0.2) is 11.5 Å². The summed E-state index contributed by atoms with van der Waals surface area (Å²) in [6.45, 7) is 3.44. The van der Waals surface area contributed by atoms with Crippen molar-refractivity contribution >= 4 is 11.8 Å². The number of hydrogen-bond acceptors (Lipinski definition) is 6. The van der Waals surface area contributed by atoms with Gasteiger partial charge in [0.1, 0.15) is 13.2 Å². The van der Waals surface area contributed by atoms with Crippen LogP contribution in [0.25, 0.3) is 0 Å². The van der Waals surface area contributed by atoms with Gasteiger partial charge in [-0.3, -0.25) is 0 Å². The van der Waals surface area contributed by atoms with Crippen molar-refractivity contribution < 1.29 is 19.7 Å². The first-order valence-electron chi connectivity index (χ1n) is 7.11. The molecular formula is C15H23NO4S. The molecule has 0 spiro atoms. The smallest absolute Gasteiger partial charge is 0.162 e. The fourth-order valence-corrected chi connectivity index (χ4v) is 2.85. The highest BCUT2D eigenvalue weighted by atomic mass is 32.2. The third-order valence-electron chi connectivity index (χ3n) is 3.88. The lowest BCUT2D eigenvalue weighted by atomic mass is 9.98. The quantitative estimate of drug-likeness (QED) is 0.661. The summed E-state index contributed by atoms with van der Waals surface area (Å²) in [5, 5.41) is 22.3. The highest BCUT2D eigenvalue weighted by molar-refractivity contribution is 7.98. The third-order valence-corrected chi connectivity index (χ3v) is 4.70. The van der Waals surface area contributed by atoms with Gasteiger partial charge in [-0.2, -0.15) is 0 Å². The standard InChI is InChI=1S/C15H23NO4S/c1-3-15(9-17,10-18)16-8-11-6-12-13(7-14(11)21-2)20-5-4-19-12/h6-7,16-18H,3-5,8-10H2,1-2H3. The van der Waals surface area contributed by atoms with E-state index >= 15 is 0 Å². The summed E-state index contributed by atoms with van der Waals surface area (Å²) in [5.74, 6) is 1.53. The first-order chi connectivity index (χ1) is 10.2. The van der Waals surface area contributed by atoms with Gasteiger partial charge in [-0.1, -0.05) is 6.92 Å². The van der Waals surface area contributed by atoms with E-state index < -0.39 is 5.54 Å². The Hall–Kier alpha value is -0.950. The fourth-order valence-electron chi connectivity index (χ4n) is 2.23. The van der Waals surface area contributed by atoms with E-state index in [-0.39, 0.29) is 13.2 Å². The molecule has 6 heteroatoms. The van der Waals surface area contributed by atoms with Crippen molar-refractivity contribution in [3.8, 4) is 11.5 Å². The van der Waals surface area contributed by atoms with E-state index in [9.17, 15) is 10.2 Å². The number of thioether (sulfide) groups is 1. The summed E-state index contributed by atoms with van der Waals surface area (Å²) in [7, 11) is 0. The topological polar surface area (TPSA) is 71.0 Å². The van der Waals surface area contributed by atoms with E-state index in [0.29, 0.717) is 26.2 Å². The van der Waals surface area contributed by atoms with Gasteiger partial charge >= 0.3 is 0 Å². The summed E-state index contributed by atoms with van der Waals surface area (Å²) >= 11 is 1.64.